The lowest BCUT2D eigenvalue weighted by Crippen LogP contribution is -2.39. The van der Waals surface area contributed by atoms with Gasteiger partial charge in [-0.3, -0.25) is 4.57 Å². The molecule has 4 rings (SSSR count). The molecule has 2 aromatic rings. The number of carbonyl (C=O) groups excluding carboxylic acids is 1. The summed E-state index contributed by atoms with van der Waals surface area (Å²) in [4.78, 5) is 30.0. The van der Waals surface area contributed by atoms with Crippen molar-refractivity contribution < 1.29 is 9.53 Å². The number of hydrogen-bond donors (Lipinski definition) is 1. The van der Waals surface area contributed by atoms with Gasteiger partial charge in [-0.25, -0.2) is 9.59 Å². The van der Waals surface area contributed by atoms with Gasteiger partial charge in [0.1, 0.15) is 5.60 Å². The van der Waals surface area contributed by atoms with E-state index in [2.05, 4.69) is 24.0 Å². The lowest BCUT2D eigenvalue weighted by molar-refractivity contribution is 0.0249. The number of ether oxygens (including phenoxy) is 1. The molecule has 1 saturated heterocycles. The number of carbonyl (C=O) groups is 1. The summed E-state index contributed by atoms with van der Waals surface area (Å²) in [7, 11) is 0. The molecule has 0 radical (unpaired) electrons. The quantitative estimate of drug-likeness (QED) is 0.752. The van der Waals surface area contributed by atoms with Gasteiger partial charge in [0.25, 0.3) is 0 Å². The van der Waals surface area contributed by atoms with E-state index in [0.717, 1.165) is 61.8 Å². The van der Waals surface area contributed by atoms with Crippen LogP contribution < -0.4 is 5.69 Å². The second kappa shape index (κ2) is 7.47. The maximum atomic E-state index is 12.6. The van der Waals surface area contributed by atoms with Crippen LogP contribution in [0.25, 0.3) is 11.0 Å². The first-order valence-electron chi connectivity index (χ1n) is 11.2. The maximum Gasteiger partial charge on any atom is 0.410 e. The molecule has 1 unspecified atom stereocenters. The number of likely N-dealkylation sites (tertiary alicyclic amines) is 1. The van der Waals surface area contributed by atoms with Gasteiger partial charge in [-0.2, -0.15) is 0 Å². The van der Waals surface area contributed by atoms with E-state index in [1.165, 1.54) is 0 Å². The van der Waals surface area contributed by atoms with Gasteiger partial charge in [0.2, 0.25) is 0 Å². The summed E-state index contributed by atoms with van der Waals surface area (Å²) in [6.07, 6.45) is 5.03. The van der Waals surface area contributed by atoms with Gasteiger partial charge in [-0.15, -0.1) is 0 Å². The van der Waals surface area contributed by atoms with Crippen LogP contribution in [-0.2, 0) is 4.74 Å². The number of nitrogens with zero attached hydrogens (tertiary/aromatic N) is 2. The molecule has 1 aromatic carbocycles. The lowest BCUT2D eigenvalue weighted by Gasteiger charge is -2.39. The number of nitrogens with one attached hydrogen (secondary N) is 1. The summed E-state index contributed by atoms with van der Waals surface area (Å²) in [5.74, 6) is 0.573. The number of rotatable bonds is 2. The number of H-pyrrole nitrogens is 1. The monoisotopic (exact) mass is 413 g/mol. The molecule has 6 heteroatoms. The fraction of sp³-hybridized carbons (Fsp3) is 0.667. The fourth-order valence-corrected chi connectivity index (χ4v) is 5.44. The van der Waals surface area contributed by atoms with Crippen molar-refractivity contribution in [2.75, 3.05) is 13.1 Å². The fourth-order valence-electron chi connectivity index (χ4n) is 5.44. The topological polar surface area (TPSA) is 67.3 Å². The van der Waals surface area contributed by atoms with Crippen molar-refractivity contribution in [3.8, 4) is 0 Å². The Balaban J connectivity index is 1.42. The summed E-state index contributed by atoms with van der Waals surface area (Å²) >= 11 is 0. The number of aryl methyl sites for hydroxylation is 1. The van der Waals surface area contributed by atoms with E-state index in [1.807, 2.05) is 43.2 Å². The van der Waals surface area contributed by atoms with Crippen molar-refractivity contribution in [1.29, 1.82) is 0 Å². The number of fused-ring (bicyclic) bond motifs is 1. The van der Waals surface area contributed by atoms with E-state index >= 15 is 0 Å². The van der Waals surface area contributed by atoms with Crippen LogP contribution in [0.2, 0.25) is 0 Å². The number of amides is 1. The summed E-state index contributed by atoms with van der Waals surface area (Å²) in [6, 6.07) is 6.43. The number of aromatic amines is 1. The Morgan fingerprint density at radius 1 is 1.20 bits per heavy atom. The molecule has 2 heterocycles. The number of benzene rings is 1. The molecule has 164 valence electrons. The molecule has 6 nitrogen and oxygen atoms in total. The van der Waals surface area contributed by atoms with E-state index in [0.29, 0.717) is 5.92 Å². The molecular weight excluding hydrogens is 378 g/mol. The highest BCUT2D eigenvalue weighted by Crippen LogP contribution is 2.47. The van der Waals surface area contributed by atoms with Crippen molar-refractivity contribution in [3.05, 3.63) is 34.2 Å². The highest BCUT2D eigenvalue weighted by atomic mass is 16.6. The van der Waals surface area contributed by atoms with Crippen LogP contribution in [0.15, 0.2) is 23.0 Å². The SMILES string of the molecule is Cc1ccc2c(c1)[nH]c(=O)n2C1CCC(C2(C)CCN(C(=O)OC(C)(C)C)C2)CC1. The zero-order chi connectivity index (χ0) is 21.7. The predicted molar refractivity (Wildman–Crippen MR) is 119 cm³/mol. The van der Waals surface area contributed by atoms with Crippen molar-refractivity contribution in [3.63, 3.8) is 0 Å². The summed E-state index contributed by atoms with van der Waals surface area (Å²) < 4.78 is 7.54. The first kappa shape index (κ1) is 21.0. The van der Waals surface area contributed by atoms with Gasteiger partial charge < -0.3 is 14.6 Å². The maximum absolute atomic E-state index is 12.6. The van der Waals surface area contributed by atoms with Crippen LogP contribution in [0.1, 0.15) is 71.4 Å². The first-order valence-corrected chi connectivity index (χ1v) is 11.2. The largest absolute Gasteiger partial charge is 0.444 e. The average Bonchev–Trinajstić information content (AvgIpc) is 3.21. The molecule has 2 fully saturated rings. The summed E-state index contributed by atoms with van der Waals surface area (Å²) in [6.45, 7) is 11.6. The van der Waals surface area contributed by atoms with Gasteiger partial charge in [0, 0.05) is 19.1 Å². The summed E-state index contributed by atoms with van der Waals surface area (Å²) in [5, 5.41) is 0. The summed E-state index contributed by atoms with van der Waals surface area (Å²) in [5.41, 5.74) is 2.77. The van der Waals surface area contributed by atoms with E-state index in [9.17, 15) is 9.59 Å². The van der Waals surface area contributed by atoms with Crippen LogP contribution in [0.3, 0.4) is 0 Å². The Kier molecular flexibility index (Phi) is 5.23. The van der Waals surface area contributed by atoms with E-state index in [-0.39, 0.29) is 23.2 Å². The zero-order valence-corrected chi connectivity index (χ0v) is 19.0. The predicted octanol–water partition coefficient (Wildman–Crippen LogP) is 5.02. The van der Waals surface area contributed by atoms with Crippen molar-refractivity contribution in [2.24, 2.45) is 11.3 Å². The normalized spacial score (nSPS) is 27.6. The Bertz CT molecular complexity index is 991. The van der Waals surface area contributed by atoms with Gasteiger partial charge in [-0.1, -0.05) is 13.0 Å². The van der Waals surface area contributed by atoms with Crippen LogP contribution in [0, 0.1) is 18.3 Å². The lowest BCUT2D eigenvalue weighted by atomic mass is 9.68. The molecule has 0 bridgehead atoms. The Hall–Kier alpha value is -2.24. The third kappa shape index (κ3) is 4.01. The molecule has 1 aromatic heterocycles. The van der Waals surface area contributed by atoms with Crippen molar-refractivity contribution >= 4 is 17.1 Å². The highest BCUT2D eigenvalue weighted by Gasteiger charge is 2.44. The Labute approximate surface area is 178 Å². The molecule has 1 atom stereocenters. The Morgan fingerprint density at radius 3 is 2.57 bits per heavy atom. The van der Waals surface area contributed by atoms with Crippen LogP contribution in [0.5, 0.6) is 0 Å². The molecule has 30 heavy (non-hydrogen) atoms. The van der Waals surface area contributed by atoms with E-state index < -0.39 is 5.60 Å². The molecule has 1 N–H and O–H groups in total. The number of aromatic nitrogens is 2. The Morgan fingerprint density at radius 2 is 1.90 bits per heavy atom. The second-order valence-corrected chi connectivity index (χ2v) is 10.6. The first-order chi connectivity index (χ1) is 14.1. The molecule has 1 saturated carbocycles. The molecule has 2 aliphatic rings. The second-order valence-electron chi connectivity index (χ2n) is 10.6. The number of imidazole rings is 1. The van der Waals surface area contributed by atoms with Gasteiger partial charge in [0.05, 0.1) is 11.0 Å². The van der Waals surface area contributed by atoms with Crippen LogP contribution in [0.4, 0.5) is 4.79 Å². The average molecular weight is 414 g/mol. The smallest absolute Gasteiger partial charge is 0.410 e. The third-order valence-electron chi connectivity index (χ3n) is 7.08. The van der Waals surface area contributed by atoms with Crippen molar-refractivity contribution in [2.45, 2.75) is 78.4 Å². The van der Waals surface area contributed by atoms with Crippen molar-refractivity contribution in [1.82, 2.24) is 14.5 Å². The van der Waals surface area contributed by atoms with E-state index in [4.69, 9.17) is 4.74 Å². The minimum Gasteiger partial charge on any atom is -0.444 e. The highest BCUT2D eigenvalue weighted by molar-refractivity contribution is 5.76. The molecule has 0 spiro atoms. The standard InChI is InChI=1S/C24H35N3O3/c1-16-6-11-20-19(14-16)25-21(28)27(20)18-9-7-17(8-10-18)24(5)12-13-26(15-24)22(29)30-23(2,3)4/h6,11,14,17-18H,7-10,12-13,15H2,1-5H3,(H,25,28). The van der Waals surface area contributed by atoms with Gasteiger partial charge in [0.15, 0.2) is 0 Å². The molecule has 1 aliphatic carbocycles. The minimum absolute atomic E-state index is 0.00206. The molecule has 1 amide bonds. The molecule has 1 aliphatic heterocycles. The van der Waals surface area contributed by atoms with Crippen LogP contribution in [-0.4, -0.2) is 39.2 Å². The number of hydrogen-bond acceptors (Lipinski definition) is 3. The zero-order valence-electron chi connectivity index (χ0n) is 19.0. The van der Waals surface area contributed by atoms with Gasteiger partial charge >= 0.3 is 11.8 Å². The van der Waals surface area contributed by atoms with Gasteiger partial charge in [-0.05, 0) is 88.8 Å². The van der Waals surface area contributed by atoms with Crippen LogP contribution >= 0.6 is 0 Å². The minimum atomic E-state index is -0.459. The molecular formula is C24H35N3O3. The third-order valence-corrected chi connectivity index (χ3v) is 7.08. The van der Waals surface area contributed by atoms with E-state index in [1.54, 1.807) is 0 Å².